The summed E-state index contributed by atoms with van der Waals surface area (Å²) in [6.07, 6.45) is 2.42. The van der Waals surface area contributed by atoms with Gasteiger partial charge in [0.15, 0.2) is 0 Å². The van der Waals surface area contributed by atoms with Crippen LogP contribution < -0.4 is 11.1 Å². The zero-order valence-electron chi connectivity index (χ0n) is 10.5. The average Bonchev–Trinajstić information content (AvgIpc) is 3.13. The van der Waals surface area contributed by atoms with E-state index in [0.717, 1.165) is 11.1 Å². The van der Waals surface area contributed by atoms with E-state index in [0.29, 0.717) is 12.5 Å². The summed E-state index contributed by atoms with van der Waals surface area (Å²) in [4.78, 5) is 11.9. The highest BCUT2D eigenvalue weighted by molar-refractivity contribution is 5.94. The Bertz CT molecular complexity index is 424. The molecule has 3 heteroatoms. The Morgan fingerprint density at radius 1 is 1.41 bits per heavy atom. The molecule has 0 saturated heterocycles. The summed E-state index contributed by atoms with van der Waals surface area (Å²) in [7, 11) is 0. The van der Waals surface area contributed by atoms with E-state index < -0.39 is 0 Å². The molecule has 92 valence electrons. The summed E-state index contributed by atoms with van der Waals surface area (Å²) >= 11 is 0. The molecule has 0 aliphatic heterocycles. The van der Waals surface area contributed by atoms with Crippen molar-refractivity contribution >= 4 is 5.91 Å². The van der Waals surface area contributed by atoms with Gasteiger partial charge in [0.05, 0.1) is 0 Å². The van der Waals surface area contributed by atoms with Crippen LogP contribution >= 0.6 is 0 Å². The molecule has 0 spiro atoms. The number of benzene rings is 1. The van der Waals surface area contributed by atoms with Crippen LogP contribution in [0.3, 0.4) is 0 Å². The third-order valence-corrected chi connectivity index (χ3v) is 3.49. The predicted octanol–water partition coefficient (Wildman–Crippen LogP) is 1.77. The number of nitrogens with one attached hydrogen (secondary N) is 1. The predicted molar refractivity (Wildman–Crippen MR) is 68.9 cm³/mol. The average molecular weight is 232 g/mol. The summed E-state index contributed by atoms with van der Waals surface area (Å²) in [6.45, 7) is 4.64. The second-order valence-corrected chi connectivity index (χ2v) is 5.01. The number of carbonyl (C=O) groups excluding carboxylic acids is 1. The SMILES string of the molecule is Cc1ccc(C(=O)NCC(N)C2CC2)cc1C. The maximum Gasteiger partial charge on any atom is 0.251 e. The highest BCUT2D eigenvalue weighted by Crippen LogP contribution is 2.31. The molecule has 0 aromatic heterocycles. The van der Waals surface area contributed by atoms with Gasteiger partial charge in [-0.1, -0.05) is 6.07 Å². The van der Waals surface area contributed by atoms with Crippen molar-refractivity contribution in [1.82, 2.24) is 5.32 Å². The lowest BCUT2D eigenvalue weighted by atomic mass is 10.1. The number of carbonyl (C=O) groups is 1. The van der Waals surface area contributed by atoms with E-state index in [9.17, 15) is 4.79 Å². The molecule has 0 heterocycles. The van der Waals surface area contributed by atoms with Gasteiger partial charge in [-0.05, 0) is 55.9 Å². The Morgan fingerprint density at radius 2 is 2.12 bits per heavy atom. The van der Waals surface area contributed by atoms with Crippen molar-refractivity contribution in [2.75, 3.05) is 6.54 Å². The highest BCUT2D eigenvalue weighted by atomic mass is 16.1. The minimum Gasteiger partial charge on any atom is -0.350 e. The lowest BCUT2D eigenvalue weighted by Gasteiger charge is -2.12. The maximum absolute atomic E-state index is 11.9. The van der Waals surface area contributed by atoms with Crippen molar-refractivity contribution in [3.8, 4) is 0 Å². The molecule has 1 aliphatic rings. The molecule has 1 atom stereocenters. The second kappa shape index (κ2) is 4.88. The zero-order valence-corrected chi connectivity index (χ0v) is 10.5. The summed E-state index contributed by atoms with van der Waals surface area (Å²) in [5.41, 5.74) is 9.01. The Hall–Kier alpha value is -1.35. The van der Waals surface area contributed by atoms with Crippen LogP contribution in [0.2, 0.25) is 0 Å². The van der Waals surface area contributed by atoms with E-state index in [4.69, 9.17) is 5.73 Å². The molecule has 2 rings (SSSR count). The van der Waals surface area contributed by atoms with Gasteiger partial charge in [0.2, 0.25) is 0 Å². The van der Waals surface area contributed by atoms with Crippen LogP contribution in [0, 0.1) is 19.8 Å². The zero-order chi connectivity index (χ0) is 12.4. The Labute approximate surface area is 102 Å². The van der Waals surface area contributed by atoms with Crippen molar-refractivity contribution < 1.29 is 4.79 Å². The van der Waals surface area contributed by atoms with Crippen LogP contribution in [-0.2, 0) is 0 Å². The van der Waals surface area contributed by atoms with Crippen molar-refractivity contribution in [2.45, 2.75) is 32.7 Å². The monoisotopic (exact) mass is 232 g/mol. The maximum atomic E-state index is 11.9. The molecule has 1 fully saturated rings. The van der Waals surface area contributed by atoms with Gasteiger partial charge in [-0.15, -0.1) is 0 Å². The van der Waals surface area contributed by atoms with Crippen LogP contribution in [0.15, 0.2) is 18.2 Å². The normalized spacial score (nSPS) is 16.6. The molecule has 0 bridgehead atoms. The molecule has 1 aromatic carbocycles. The Morgan fingerprint density at radius 3 is 2.71 bits per heavy atom. The number of amides is 1. The van der Waals surface area contributed by atoms with Gasteiger partial charge in [-0.3, -0.25) is 4.79 Å². The van der Waals surface area contributed by atoms with E-state index in [1.807, 2.05) is 32.0 Å². The molecule has 3 N–H and O–H groups in total. The van der Waals surface area contributed by atoms with E-state index >= 15 is 0 Å². The first-order valence-electron chi connectivity index (χ1n) is 6.19. The highest BCUT2D eigenvalue weighted by Gasteiger charge is 2.28. The Balaban J connectivity index is 1.92. The molecule has 17 heavy (non-hydrogen) atoms. The molecule has 1 unspecified atom stereocenters. The molecular formula is C14H20N2O. The third-order valence-electron chi connectivity index (χ3n) is 3.49. The van der Waals surface area contributed by atoms with E-state index in [-0.39, 0.29) is 11.9 Å². The lowest BCUT2D eigenvalue weighted by Crippen LogP contribution is -2.38. The summed E-state index contributed by atoms with van der Waals surface area (Å²) in [5.74, 6) is 0.597. The van der Waals surface area contributed by atoms with E-state index in [2.05, 4.69) is 5.32 Å². The van der Waals surface area contributed by atoms with Crippen molar-refractivity contribution in [2.24, 2.45) is 11.7 Å². The number of rotatable bonds is 4. The number of hydrogen-bond acceptors (Lipinski definition) is 2. The molecular weight excluding hydrogens is 212 g/mol. The minimum atomic E-state index is -0.0239. The first-order chi connectivity index (χ1) is 8.08. The van der Waals surface area contributed by atoms with Gasteiger partial charge in [0, 0.05) is 18.2 Å². The first kappa shape index (κ1) is 12.1. The van der Waals surface area contributed by atoms with Crippen LogP contribution in [-0.4, -0.2) is 18.5 Å². The third kappa shape index (κ3) is 3.07. The summed E-state index contributed by atoms with van der Waals surface area (Å²) in [6, 6.07) is 5.88. The van der Waals surface area contributed by atoms with Gasteiger partial charge in [0.25, 0.3) is 5.91 Å². The molecule has 1 saturated carbocycles. The standard InChI is InChI=1S/C14H20N2O/c1-9-3-4-12(7-10(9)2)14(17)16-8-13(15)11-5-6-11/h3-4,7,11,13H,5-6,8,15H2,1-2H3,(H,16,17). The Kier molecular flexibility index (Phi) is 3.48. The number of aryl methyl sites for hydroxylation is 2. The van der Waals surface area contributed by atoms with Crippen LogP contribution in [0.25, 0.3) is 0 Å². The van der Waals surface area contributed by atoms with Crippen LogP contribution in [0.1, 0.15) is 34.3 Å². The van der Waals surface area contributed by atoms with Gasteiger partial charge in [-0.25, -0.2) is 0 Å². The van der Waals surface area contributed by atoms with Crippen molar-refractivity contribution in [3.05, 3.63) is 34.9 Å². The fourth-order valence-corrected chi connectivity index (χ4v) is 1.89. The van der Waals surface area contributed by atoms with Crippen molar-refractivity contribution in [1.29, 1.82) is 0 Å². The van der Waals surface area contributed by atoms with Gasteiger partial charge >= 0.3 is 0 Å². The minimum absolute atomic E-state index is 0.0239. The largest absolute Gasteiger partial charge is 0.350 e. The second-order valence-electron chi connectivity index (χ2n) is 5.01. The summed E-state index contributed by atoms with van der Waals surface area (Å²) in [5, 5.41) is 2.90. The number of hydrogen-bond donors (Lipinski definition) is 2. The summed E-state index contributed by atoms with van der Waals surface area (Å²) < 4.78 is 0. The van der Waals surface area contributed by atoms with Crippen molar-refractivity contribution in [3.63, 3.8) is 0 Å². The molecule has 1 amide bonds. The topological polar surface area (TPSA) is 55.1 Å². The molecule has 1 aromatic rings. The van der Waals surface area contributed by atoms with Crippen LogP contribution in [0.5, 0.6) is 0 Å². The number of nitrogens with two attached hydrogens (primary N) is 1. The van der Waals surface area contributed by atoms with Crippen LogP contribution in [0.4, 0.5) is 0 Å². The molecule has 0 radical (unpaired) electrons. The lowest BCUT2D eigenvalue weighted by molar-refractivity contribution is 0.0950. The molecule has 1 aliphatic carbocycles. The van der Waals surface area contributed by atoms with Gasteiger partial charge in [0.1, 0.15) is 0 Å². The fourth-order valence-electron chi connectivity index (χ4n) is 1.89. The van der Waals surface area contributed by atoms with E-state index in [1.165, 1.54) is 18.4 Å². The van der Waals surface area contributed by atoms with Gasteiger partial charge in [-0.2, -0.15) is 0 Å². The first-order valence-corrected chi connectivity index (χ1v) is 6.19. The van der Waals surface area contributed by atoms with E-state index in [1.54, 1.807) is 0 Å². The fraction of sp³-hybridized carbons (Fsp3) is 0.500. The molecule has 3 nitrogen and oxygen atoms in total. The quantitative estimate of drug-likeness (QED) is 0.831. The van der Waals surface area contributed by atoms with Gasteiger partial charge < -0.3 is 11.1 Å². The smallest absolute Gasteiger partial charge is 0.251 e.